The van der Waals surface area contributed by atoms with Gasteiger partial charge in [-0.3, -0.25) is 4.79 Å². The molecule has 2 aromatic rings. The minimum absolute atomic E-state index is 0.246. The maximum Gasteiger partial charge on any atom is 0.328 e. The maximum atomic E-state index is 13.3. The second-order valence-electron chi connectivity index (χ2n) is 11.8. The summed E-state index contributed by atoms with van der Waals surface area (Å²) in [5, 5.41) is 15.6. The molecular weight excluding hydrogens is 570 g/mol. The molecule has 0 saturated carbocycles. The molecule has 9 heteroatoms. The van der Waals surface area contributed by atoms with Crippen molar-refractivity contribution in [2.24, 2.45) is 5.92 Å². The number of aliphatic carboxylic acids is 2. The average Bonchev–Trinajstić information content (AvgIpc) is 3.17. The van der Waals surface area contributed by atoms with Crippen LogP contribution in [0.5, 0.6) is 5.75 Å². The molecule has 2 aliphatic heterocycles. The van der Waals surface area contributed by atoms with Crippen LogP contribution in [0.2, 0.25) is 0 Å². The van der Waals surface area contributed by atoms with E-state index in [9.17, 15) is 14.4 Å². The molecule has 0 spiro atoms. The number of carbonyl (C=O) groups is 3. The van der Waals surface area contributed by atoms with Gasteiger partial charge in [-0.15, -0.1) is 0 Å². The van der Waals surface area contributed by atoms with E-state index in [0.29, 0.717) is 25.2 Å². The molecule has 2 aromatic carbocycles. The van der Waals surface area contributed by atoms with Gasteiger partial charge in [-0.25, -0.2) is 9.59 Å². The van der Waals surface area contributed by atoms with E-state index in [1.807, 2.05) is 0 Å². The number of piperidine rings is 1. The van der Waals surface area contributed by atoms with Gasteiger partial charge >= 0.3 is 11.9 Å². The fraction of sp³-hybridized carbons (Fsp3) is 0.472. The van der Waals surface area contributed by atoms with E-state index in [-0.39, 0.29) is 5.91 Å². The molecule has 1 saturated heterocycles. The Balaban J connectivity index is 0.000000610. The van der Waals surface area contributed by atoms with Crippen molar-refractivity contribution in [3.05, 3.63) is 82.9 Å². The standard InChI is InChI=1S/C32H45N3O2.C4H4O4/c1-5-34(6-2)19-15-25-16-20-35(21-17-25)32(36)23-26-13-14-31-30(22-26)29(12-9-18-33(3)4)28-11-8-7-10-27(28)24-37-31;5-3(6)1-2-4(7)8/h7-8,10-14,22,25H,5-6,9,15-21,23-24H2,1-4H3;1-2H,(H,5,6)(H,7,8)/b29-12-;2-1+. The number of ether oxygens (including phenoxy) is 1. The van der Waals surface area contributed by atoms with Crippen molar-refractivity contribution in [3.63, 3.8) is 0 Å². The number of amides is 1. The highest BCUT2D eigenvalue weighted by Crippen LogP contribution is 2.37. The van der Waals surface area contributed by atoms with Gasteiger partial charge in [0.25, 0.3) is 0 Å². The monoisotopic (exact) mass is 619 g/mol. The Morgan fingerprint density at radius 2 is 1.60 bits per heavy atom. The van der Waals surface area contributed by atoms with Crippen LogP contribution >= 0.6 is 0 Å². The molecule has 0 unspecified atom stereocenters. The lowest BCUT2D eigenvalue weighted by Crippen LogP contribution is -2.40. The number of benzene rings is 2. The number of carboxylic acids is 2. The fourth-order valence-electron chi connectivity index (χ4n) is 5.72. The van der Waals surface area contributed by atoms with E-state index in [1.165, 1.54) is 29.7 Å². The Hall–Kier alpha value is -3.95. The summed E-state index contributed by atoms with van der Waals surface area (Å²) in [7, 11) is 4.21. The molecule has 2 N–H and O–H groups in total. The van der Waals surface area contributed by atoms with Gasteiger partial charge in [0.05, 0.1) is 6.42 Å². The van der Waals surface area contributed by atoms with Crippen LogP contribution in [0.1, 0.15) is 61.8 Å². The van der Waals surface area contributed by atoms with Crippen molar-refractivity contribution in [2.45, 2.75) is 52.6 Å². The van der Waals surface area contributed by atoms with Crippen LogP contribution in [-0.4, -0.2) is 96.1 Å². The van der Waals surface area contributed by atoms with Gasteiger partial charge in [-0.1, -0.05) is 50.3 Å². The summed E-state index contributed by atoms with van der Waals surface area (Å²) in [6.07, 6.45) is 8.36. The zero-order valence-corrected chi connectivity index (χ0v) is 27.2. The van der Waals surface area contributed by atoms with Crippen LogP contribution in [0.15, 0.2) is 60.7 Å². The summed E-state index contributed by atoms with van der Waals surface area (Å²) >= 11 is 0. The Morgan fingerprint density at radius 3 is 2.22 bits per heavy atom. The first-order valence-electron chi connectivity index (χ1n) is 15.9. The number of carboxylic acid groups (broad SMARTS) is 2. The van der Waals surface area contributed by atoms with Crippen molar-refractivity contribution >= 4 is 23.4 Å². The summed E-state index contributed by atoms with van der Waals surface area (Å²) < 4.78 is 6.23. The highest BCUT2D eigenvalue weighted by atomic mass is 16.5. The summed E-state index contributed by atoms with van der Waals surface area (Å²) in [5.41, 5.74) is 5.82. The van der Waals surface area contributed by atoms with Crippen LogP contribution in [-0.2, 0) is 27.4 Å². The van der Waals surface area contributed by atoms with Crippen LogP contribution in [0.4, 0.5) is 0 Å². The highest BCUT2D eigenvalue weighted by Gasteiger charge is 2.24. The quantitative estimate of drug-likeness (QED) is 0.313. The number of likely N-dealkylation sites (tertiary alicyclic amines) is 1. The first-order valence-corrected chi connectivity index (χ1v) is 15.9. The fourth-order valence-corrected chi connectivity index (χ4v) is 5.72. The number of hydrogen-bond donors (Lipinski definition) is 2. The van der Waals surface area contributed by atoms with E-state index >= 15 is 0 Å². The third-order valence-electron chi connectivity index (χ3n) is 8.39. The molecule has 0 atom stereocenters. The summed E-state index contributed by atoms with van der Waals surface area (Å²) in [6, 6.07) is 14.8. The van der Waals surface area contributed by atoms with E-state index in [4.69, 9.17) is 14.9 Å². The van der Waals surface area contributed by atoms with Crippen molar-refractivity contribution in [3.8, 4) is 5.75 Å². The largest absolute Gasteiger partial charge is 0.488 e. The van der Waals surface area contributed by atoms with Gasteiger partial charge in [0.15, 0.2) is 0 Å². The van der Waals surface area contributed by atoms with Crippen molar-refractivity contribution in [1.29, 1.82) is 0 Å². The Morgan fingerprint density at radius 1 is 0.933 bits per heavy atom. The lowest BCUT2D eigenvalue weighted by molar-refractivity contribution is -0.134. The summed E-state index contributed by atoms with van der Waals surface area (Å²) in [4.78, 5) is 39.2. The van der Waals surface area contributed by atoms with Crippen LogP contribution in [0.3, 0.4) is 0 Å². The van der Waals surface area contributed by atoms with Crippen LogP contribution in [0, 0.1) is 5.92 Å². The van der Waals surface area contributed by atoms with Gasteiger partial charge in [0.1, 0.15) is 12.4 Å². The smallest absolute Gasteiger partial charge is 0.328 e. The molecule has 1 fully saturated rings. The van der Waals surface area contributed by atoms with Gasteiger partial charge in [-0.05, 0) is 99.7 Å². The van der Waals surface area contributed by atoms with E-state index < -0.39 is 11.9 Å². The molecule has 0 bridgehead atoms. The maximum absolute atomic E-state index is 13.3. The van der Waals surface area contributed by atoms with Gasteiger partial charge in [0.2, 0.25) is 5.91 Å². The average molecular weight is 620 g/mol. The lowest BCUT2D eigenvalue weighted by atomic mass is 9.91. The van der Waals surface area contributed by atoms with Gasteiger partial charge < -0.3 is 29.6 Å². The van der Waals surface area contributed by atoms with Gasteiger partial charge in [0, 0.05) is 37.3 Å². The third-order valence-corrected chi connectivity index (χ3v) is 8.39. The SMILES string of the molecule is CCN(CC)CCC1CCN(C(=O)Cc2ccc3c(c2)/C(=C\CCN(C)C)c2ccccc2CO3)CC1.O=C(O)/C=C/C(=O)O. The van der Waals surface area contributed by atoms with Crippen LogP contribution < -0.4 is 4.74 Å². The molecule has 0 radical (unpaired) electrons. The Bertz CT molecular complexity index is 1320. The molecule has 45 heavy (non-hydrogen) atoms. The zero-order valence-electron chi connectivity index (χ0n) is 27.2. The van der Waals surface area contributed by atoms with E-state index in [0.717, 1.165) is 74.8 Å². The third kappa shape index (κ3) is 11.5. The number of nitrogens with zero attached hydrogens (tertiary/aromatic N) is 3. The molecule has 2 heterocycles. The molecule has 4 rings (SSSR count). The first kappa shape index (κ1) is 35.5. The van der Waals surface area contributed by atoms with E-state index in [2.05, 4.69) is 91.2 Å². The zero-order chi connectivity index (χ0) is 32.8. The number of hydrogen-bond acceptors (Lipinski definition) is 6. The second kappa shape index (κ2) is 18.1. The van der Waals surface area contributed by atoms with Crippen molar-refractivity contribution in [1.82, 2.24) is 14.7 Å². The molecule has 244 valence electrons. The molecule has 2 aliphatic rings. The molecular formula is C36H49N3O6. The number of rotatable bonds is 12. The Kier molecular flexibility index (Phi) is 14.3. The molecule has 9 nitrogen and oxygen atoms in total. The predicted octanol–water partition coefficient (Wildman–Crippen LogP) is 5.19. The van der Waals surface area contributed by atoms with Gasteiger partial charge in [-0.2, -0.15) is 0 Å². The summed E-state index contributed by atoms with van der Waals surface area (Å²) in [5.74, 6) is -0.628. The normalized spacial score (nSPS) is 15.7. The highest BCUT2D eigenvalue weighted by molar-refractivity contribution is 5.89. The number of carbonyl (C=O) groups excluding carboxylic acids is 1. The van der Waals surface area contributed by atoms with Crippen molar-refractivity contribution < 1.29 is 29.3 Å². The Labute approximate surface area is 267 Å². The molecule has 0 aliphatic carbocycles. The predicted molar refractivity (Wildman–Crippen MR) is 177 cm³/mol. The summed E-state index contributed by atoms with van der Waals surface area (Å²) in [6.45, 7) is 11.2. The molecule has 0 aromatic heterocycles. The van der Waals surface area contributed by atoms with Crippen molar-refractivity contribution in [2.75, 3.05) is 53.4 Å². The van der Waals surface area contributed by atoms with E-state index in [1.54, 1.807) is 0 Å². The minimum Gasteiger partial charge on any atom is -0.488 e. The molecule has 1 amide bonds. The first-order chi connectivity index (χ1) is 21.6. The van der Waals surface area contributed by atoms with Crippen LogP contribution in [0.25, 0.3) is 5.57 Å². The second-order valence-corrected chi connectivity index (χ2v) is 11.8. The lowest BCUT2D eigenvalue weighted by Gasteiger charge is -2.33. The minimum atomic E-state index is -1.26. The number of fused-ring (bicyclic) bond motifs is 2. The topological polar surface area (TPSA) is 111 Å².